The van der Waals surface area contributed by atoms with Gasteiger partial charge in [0.1, 0.15) is 28.9 Å². The standard InChI is InChI=1S/C38H35ClF3N7O3S/c1-22-46-30-19-45-34(47(5)25-11-15-48(16-12-25)21-38(40,41)42)28(18-43)31(30)35(50)49(22)14-6-7-23-8-9-24(39)17-27(23)26-10-13-44-32-29(20-53-33(26)32)36(51)52-37(2,3)4/h8-10,13,17,19-20,25H,11-12,14-16,21H2,1-5H3. The molecule has 5 aromatic rings. The number of aromatic nitrogens is 4. The maximum Gasteiger partial charge on any atom is 0.401 e. The molecular formula is C38H35ClF3N7O3S. The van der Waals surface area contributed by atoms with Crippen molar-refractivity contribution in [3.05, 3.63) is 79.9 Å². The average molecular weight is 762 g/mol. The van der Waals surface area contributed by atoms with Crippen molar-refractivity contribution in [2.75, 3.05) is 31.6 Å². The number of halogens is 4. The van der Waals surface area contributed by atoms with E-state index in [0.717, 1.165) is 10.3 Å². The molecular weight excluding hydrogens is 727 g/mol. The summed E-state index contributed by atoms with van der Waals surface area (Å²) in [4.78, 5) is 43.6. The Morgan fingerprint density at radius 3 is 2.57 bits per heavy atom. The Morgan fingerprint density at radius 2 is 1.89 bits per heavy atom. The molecule has 1 aliphatic heterocycles. The van der Waals surface area contributed by atoms with Gasteiger partial charge in [-0.2, -0.15) is 18.4 Å². The lowest BCUT2D eigenvalue weighted by Crippen LogP contribution is -2.46. The number of carbonyl (C=O) groups is 1. The Kier molecular flexibility index (Phi) is 10.5. The van der Waals surface area contributed by atoms with Crippen molar-refractivity contribution in [2.45, 2.75) is 64.9 Å². The lowest BCUT2D eigenvalue weighted by Gasteiger charge is -2.37. The molecule has 4 aromatic heterocycles. The summed E-state index contributed by atoms with van der Waals surface area (Å²) in [6.45, 7) is 6.56. The SMILES string of the molecule is Cc1nc2cnc(N(C)C3CCN(CC(F)(F)F)CC3)c(C#N)c2c(=O)n1CC#Cc1ccc(Cl)cc1-c1ccnc2c(C(=O)OC(C)(C)C)csc12. The third-order valence-electron chi connectivity index (χ3n) is 8.93. The Labute approximate surface area is 312 Å². The number of piperidine rings is 1. The molecule has 15 heteroatoms. The Hall–Kier alpha value is -5.02. The molecule has 1 aliphatic rings. The summed E-state index contributed by atoms with van der Waals surface area (Å²) >= 11 is 7.81. The molecule has 0 saturated carbocycles. The summed E-state index contributed by atoms with van der Waals surface area (Å²) in [5.41, 5.74) is 2.15. The van der Waals surface area contributed by atoms with E-state index in [1.54, 1.807) is 69.4 Å². The lowest BCUT2D eigenvalue weighted by atomic mass is 10.00. The maximum absolute atomic E-state index is 14.0. The van der Waals surface area contributed by atoms with Gasteiger partial charge in [0.05, 0.1) is 46.0 Å². The van der Waals surface area contributed by atoms with E-state index < -0.39 is 29.9 Å². The zero-order valence-corrected chi connectivity index (χ0v) is 31.2. The second-order valence-corrected chi connectivity index (χ2v) is 15.1. The average Bonchev–Trinajstić information content (AvgIpc) is 3.53. The van der Waals surface area contributed by atoms with Gasteiger partial charge in [0.2, 0.25) is 0 Å². The summed E-state index contributed by atoms with van der Waals surface area (Å²) in [6.07, 6.45) is -0.329. The van der Waals surface area contributed by atoms with Crippen molar-refractivity contribution >= 4 is 55.8 Å². The van der Waals surface area contributed by atoms with Crippen molar-refractivity contribution in [1.29, 1.82) is 5.26 Å². The normalized spacial score (nSPS) is 14.2. The van der Waals surface area contributed by atoms with Gasteiger partial charge in [0, 0.05) is 59.5 Å². The topological polar surface area (TPSA) is 117 Å². The minimum Gasteiger partial charge on any atom is -0.456 e. The van der Waals surface area contributed by atoms with E-state index in [0.29, 0.717) is 45.9 Å². The van der Waals surface area contributed by atoms with Gasteiger partial charge >= 0.3 is 12.1 Å². The molecule has 0 spiro atoms. The molecule has 5 heterocycles. The van der Waals surface area contributed by atoms with Gasteiger partial charge in [-0.15, -0.1) is 11.3 Å². The second-order valence-electron chi connectivity index (χ2n) is 13.8. The lowest BCUT2D eigenvalue weighted by molar-refractivity contribution is -0.147. The van der Waals surface area contributed by atoms with Crippen LogP contribution in [0.1, 0.15) is 60.9 Å². The fraction of sp³-hybridized carbons (Fsp3) is 0.368. The van der Waals surface area contributed by atoms with Crippen molar-refractivity contribution in [1.82, 2.24) is 24.4 Å². The van der Waals surface area contributed by atoms with Crippen LogP contribution < -0.4 is 10.5 Å². The Morgan fingerprint density at radius 1 is 1.15 bits per heavy atom. The van der Waals surface area contributed by atoms with Crippen LogP contribution in [0.3, 0.4) is 0 Å². The molecule has 1 aromatic carbocycles. The summed E-state index contributed by atoms with van der Waals surface area (Å²) in [6, 6.07) is 9.07. The molecule has 0 atom stereocenters. The second kappa shape index (κ2) is 14.8. The van der Waals surface area contributed by atoms with Crippen LogP contribution in [-0.4, -0.2) is 74.9 Å². The van der Waals surface area contributed by atoms with Crippen LogP contribution >= 0.6 is 22.9 Å². The maximum atomic E-state index is 14.0. The number of alkyl halides is 3. The van der Waals surface area contributed by atoms with Gasteiger partial charge < -0.3 is 9.64 Å². The van der Waals surface area contributed by atoms with Crippen LogP contribution in [0.15, 0.2) is 46.8 Å². The Bertz CT molecular complexity index is 2400. The number of ether oxygens (including phenoxy) is 1. The highest BCUT2D eigenvalue weighted by atomic mass is 35.5. The van der Waals surface area contributed by atoms with Crippen molar-refractivity contribution in [3.8, 4) is 29.0 Å². The molecule has 0 aliphatic carbocycles. The largest absolute Gasteiger partial charge is 0.456 e. The molecule has 0 N–H and O–H groups in total. The number of fused-ring (bicyclic) bond motifs is 2. The van der Waals surface area contributed by atoms with Gasteiger partial charge in [0.25, 0.3) is 5.56 Å². The minimum absolute atomic E-state index is 0.0424. The van der Waals surface area contributed by atoms with Crippen molar-refractivity contribution < 1.29 is 22.7 Å². The molecule has 274 valence electrons. The molecule has 0 unspecified atom stereocenters. The van der Waals surface area contributed by atoms with Gasteiger partial charge in [-0.05, 0) is 64.8 Å². The Balaban J connectivity index is 1.31. The number of hydrogen-bond acceptors (Lipinski definition) is 10. The van der Waals surface area contributed by atoms with Crippen LogP contribution in [0.4, 0.5) is 19.0 Å². The third-order valence-corrected chi connectivity index (χ3v) is 10.2. The van der Waals surface area contributed by atoms with Crippen LogP contribution in [-0.2, 0) is 11.3 Å². The molecule has 0 amide bonds. The van der Waals surface area contributed by atoms with Crippen molar-refractivity contribution in [2.24, 2.45) is 0 Å². The van der Waals surface area contributed by atoms with E-state index in [-0.39, 0.29) is 48.0 Å². The quantitative estimate of drug-likeness (QED) is 0.129. The molecule has 0 radical (unpaired) electrons. The van der Waals surface area contributed by atoms with Crippen molar-refractivity contribution in [3.63, 3.8) is 0 Å². The highest BCUT2D eigenvalue weighted by Crippen LogP contribution is 2.37. The van der Waals surface area contributed by atoms with Gasteiger partial charge in [-0.25, -0.2) is 14.8 Å². The number of carbonyl (C=O) groups excluding carboxylic acids is 1. The fourth-order valence-corrected chi connectivity index (χ4v) is 7.64. The van der Waals surface area contributed by atoms with E-state index >= 15 is 0 Å². The number of anilines is 1. The van der Waals surface area contributed by atoms with Gasteiger partial charge in [-0.1, -0.05) is 23.4 Å². The number of pyridine rings is 2. The number of benzene rings is 1. The first-order valence-corrected chi connectivity index (χ1v) is 18.0. The van der Waals surface area contributed by atoms with E-state index in [1.165, 1.54) is 27.0 Å². The number of nitrogens with zero attached hydrogens (tertiary/aromatic N) is 7. The number of rotatable bonds is 6. The summed E-state index contributed by atoms with van der Waals surface area (Å²) < 4.78 is 46.5. The molecule has 6 rings (SSSR count). The van der Waals surface area contributed by atoms with Crippen LogP contribution in [0, 0.1) is 30.1 Å². The minimum atomic E-state index is -4.27. The molecule has 1 saturated heterocycles. The number of aryl methyl sites for hydroxylation is 1. The molecule has 53 heavy (non-hydrogen) atoms. The molecule has 0 bridgehead atoms. The molecule has 1 fully saturated rings. The zero-order chi connectivity index (χ0) is 38.2. The van der Waals surface area contributed by atoms with E-state index in [1.807, 2.05) is 6.07 Å². The monoisotopic (exact) mass is 761 g/mol. The first kappa shape index (κ1) is 37.7. The fourth-order valence-electron chi connectivity index (χ4n) is 6.44. The van der Waals surface area contributed by atoms with Gasteiger partial charge in [0.15, 0.2) is 0 Å². The number of nitriles is 1. The molecule has 10 nitrogen and oxygen atoms in total. The number of esters is 1. The van der Waals surface area contributed by atoms with Crippen LogP contribution in [0.25, 0.3) is 32.2 Å². The van der Waals surface area contributed by atoms with E-state index in [2.05, 4.69) is 32.9 Å². The summed E-state index contributed by atoms with van der Waals surface area (Å²) in [5.74, 6) is 6.44. The zero-order valence-electron chi connectivity index (χ0n) is 29.6. The predicted octanol–water partition coefficient (Wildman–Crippen LogP) is 7.37. The number of hydrogen-bond donors (Lipinski definition) is 0. The number of likely N-dealkylation sites (tertiary alicyclic amines) is 1. The van der Waals surface area contributed by atoms with Gasteiger partial charge in [-0.3, -0.25) is 19.2 Å². The number of thiophene rings is 1. The summed E-state index contributed by atoms with van der Waals surface area (Å²) in [7, 11) is 1.74. The first-order valence-electron chi connectivity index (χ1n) is 16.7. The summed E-state index contributed by atoms with van der Waals surface area (Å²) in [5, 5.41) is 12.6. The van der Waals surface area contributed by atoms with Crippen LogP contribution in [0.2, 0.25) is 5.02 Å². The first-order chi connectivity index (χ1) is 25.0. The highest BCUT2D eigenvalue weighted by Gasteiger charge is 2.34. The third kappa shape index (κ3) is 8.15. The van der Waals surface area contributed by atoms with Crippen LogP contribution in [0.5, 0.6) is 0 Å². The van der Waals surface area contributed by atoms with E-state index in [4.69, 9.17) is 16.3 Å². The smallest absolute Gasteiger partial charge is 0.401 e. The highest BCUT2D eigenvalue weighted by molar-refractivity contribution is 7.18. The predicted molar refractivity (Wildman–Crippen MR) is 199 cm³/mol. The van der Waals surface area contributed by atoms with E-state index in [9.17, 15) is 28.0 Å².